The highest BCUT2D eigenvalue weighted by Gasteiger charge is 2.38. The van der Waals surface area contributed by atoms with Crippen molar-refractivity contribution in [3.05, 3.63) is 41.2 Å². The van der Waals surface area contributed by atoms with Crippen LogP contribution in [0.15, 0.2) is 29.3 Å². The first kappa shape index (κ1) is 30.1. The Morgan fingerprint density at radius 2 is 1.89 bits per heavy atom. The summed E-state index contributed by atoms with van der Waals surface area (Å²) in [6.07, 6.45) is -1.89. The van der Waals surface area contributed by atoms with E-state index in [0.29, 0.717) is 43.9 Å². The van der Waals surface area contributed by atoms with Crippen LogP contribution < -0.4 is 9.80 Å². The van der Waals surface area contributed by atoms with Crippen molar-refractivity contribution in [3.63, 3.8) is 0 Å². The summed E-state index contributed by atoms with van der Waals surface area (Å²) in [6.45, 7) is 5.10. The molecule has 0 saturated carbocycles. The average Bonchev–Trinajstić information content (AvgIpc) is 2.85. The molecule has 13 heteroatoms. The lowest BCUT2D eigenvalue weighted by Gasteiger charge is -2.44. The topological polar surface area (TPSA) is 110 Å². The standard InChI is InChI=1S/C25H36F3N5O4S/c1-17(2)21-15-32(20-7-6-18(16-35)22(12-20)38(4,36)37)9-10-33(21)24-29-13-19(14-31(3)8-5-11-34)23(30-24)25(26,27)28/h6-7,12-13,17,21,34-35H,5,8-11,14-16H2,1-4H3/t21-/m0/s1. The van der Waals surface area contributed by atoms with Crippen LogP contribution in [0, 0.1) is 5.92 Å². The molecule has 1 aliphatic heterocycles. The first-order valence-electron chi connectivity index (χ1n) is 12.4. The van der Waals surface area contributed by atoms with E-state index in [2.05, 4.69) is 9.97 Å². The molecular formula is C25H36F3N5O4S. The Kier molecular flexibility index (Phi) is 9.61. The molecule has 1 saturated heterocycles. The van der Waals surface area contributed by atoms with Gasteiger partial charge in [0.25, 0.3) is 0 Å². The number of alkyl halides is 3. The van der Waals surface area contributed by atoms with Gasteiger partial charge in [0.1, 0.15) is 0 Å². The Morgan fingerprint density at radius 1 is 1.18 bits per heavy atom. The highest BCUT2D eigenvalue weighted by Crippen LogP contribution is 2.34. The normalized spacial score (nSPS) is 17.1. The molecule has 1 aromatic carbocycles. The molecule has 1 aliphatic rings. The number of sulfone groups is 1. The highest BCUT2D eigenvalue weighted by atomic mass is 32.2. The summed E-state index contributed by atoms with van der Waals surface area (Å²) in [5, 5.41) is 18.6. The number of rotatable bonds is 10. The first-order valence-corrected chi connectivity index (χ1v) is 14.3. The smallest absolute Gasteiger partial charge is 0.396 e. The summed E-state index contributed by atoms with van der Waals surface area (Å²) in [6, 6.07) is 4.63. The van der Waals surface area contributed by atoms with Crippen LogP contribution in [0.5, 0.6) is 0 Å². The molecule has 1 aromatic heterocycles. The van der Waals surface area contributed by atoms with Gasteiger partial charge in [-0.1, -0.05) is 19.9 Å². The molecule has 0 unspecified atom stereocenters. The van der Waals surface area contributed by atoms with E-state index >= 15 is 0 Å². The second-order valence-corrected chi connectivity index (χ2v) is 12.0. The Balaban J connectivity index is 1.90. The van der Waals surface area contributed by atoms with Crippen molar-refractivity contribution in [2.45, 2.75) is 50.5 Å². The van der Waals surface area contributed by atoms with Crippen molar-refractivity contribution in [2.75, 3.05) is 55.9 Å². The van der Waals surface area contributed by atoms with Crippen molar-refractivity contribution in [1.29, 1.82) is 0 Å². The minimum atomic E-state index is -4.66. The van der Waals surface area contributed by atoms with Crippen LogP contribution in [0.25, 0.3) is 0 Å². The zero-order valence-corrected chi connectivity index (χ0v) is 22.9. The molecule has 1 fully saturated rings. The minimum absolute atomic E-state index is 0.00299. The quantitative estimate of drug-likeness (QED) is 0.454. The Hall–Kier alpha value is -2.48. The molecule has 212 valence electrons. The Labute approximate surface area is 221 Å². The van der Waals surface area contributed by atoms with E-state index in [4.69, 9.17) is 5.11 Å². The largest absolute Gasteiger partial charge is 0.433 e. The molecule has 2 N–H and O–H groups in total. The van der Waals surface area contributed by atoms with Gasteiger partial charge in [0, 0.05) is 63.0 Å². The first-order chi connectivity index (χ1) is 17.8. The lowest BCUT2D eigenvalue weighted by molar-refractivity contribution is -0.142. The number of piperazine rings is 1. The fourth-order valence-electron chi connectivity index (χ4n) is 4.69. The minimum Gasteiger partial charge on any atom is -0.396 e. The van der Waals surface area contributed by atoms with Crippen LogP contribution >= 0.6 is 0 Å². The van der Waals surface area contributed by atoms with Crippen molar-refractivity contribution in [1.82, 2.24) is 14.9 Å². The summed E-state index contributed by atoms with van der Waals surface area (Å²) in [5.74, 6) is 0.0380. The number of benzene rings is 1. The number of aliphatic hydroxyl groups is 2. The summed E-state index contributed by atoms with van der Waals surface area (Å²) in [4.78, 5) is 13.8. The number of aromatic nitrogens is 2. The lowest BCUT2D eigenvalue weighted by Crippen LogP contribution is -2.56. The van der Waals surface area contributed by atoms with Crippen LogP contribution in [-0.2, 0) is 29.2 Å². The maximum atomic E-state index is 14.0. The van der Waals surface area contributed by atoms with Crippen LogP contribution in [0.3, 0.4) is 0 Å². The molecule has 2 heterocycles. The van der Waals surface area contributed by atoms with E-state index in [1.807, 2.05) is 18.7 Å². The van der Waals surface area contributed by atoms with Crippen LogP contribution in [0.2, 0.25) is 0 Å². The molecule has 9 nitrogen and oxygen atoms in total. The molecule has 2 aromatic rings. The van der Waals surface area contributed by atoms with Crippen LogP contribution in [0.1, 0.15) is 37.1 Å². The van der Waals surface area contributed by atoms with Gasteiger partial charge in [0.05, 0.1) is 17.5 Å². The number of nitrogens with zero attached hydrogens (tertiary/aromatic N) is 5. The van der Waals surface area contributed by atoms with Gasteiger partial charge >= 0.3 is 6.18 Å². The van der Waals surface area contributed by atoms with E-state index in [9.17, 15) is 26.7 Å². The Morgan fingerprint density at radius 3 is 2.47 bits per heavy atom. The summed E-state index contributed by atoms with van der Waals surface area (Å²) < 4.78 is 66.5. The molecule has 1 atom stereocenters. The lowest BCUT2D eigenvalue weighted by atomic mass is 9.99. The van der Waals surface area contributed by atoms with Gasteiger partial charge in [0.15, 0.2) is 15.5 Å². The number of hydrogen-bond acceptors (Lipinski definition) is 9. The molecule has 0 spiro atoms. The number of halogens is 3. The van der Waals surface area contributed by atoms with Crippen molar-refractivity contribution >= 4 is 21.5 Å². The summed E-state index contributed by atoms with van der Waals surface area (Å²) in [5.41, 5.74) is -0.0315. The zero-order valence-electron chi connectivity index (χ0n) is 22.1. The van der Waals surface area contributed by atoms with E-state index in [0.717, 1.165) is 6.26 Å². The number of hydrogen-bond donors (Lipinski definition) is 2. The van der Waals surface area contributed by atoms with Crippen LogP contribution in [0.4, 0.5) is 24.8 Å². The molecule has 0 aliphatic carbocycles. The summed E-state index contributed by atoms with van der Waals surface area (Å²) >= 11 is 0. The van der Waals surface area contributed by atoms with E-state index in [-0.39, 0.29) is 41.5 Å². The van der Waals surface area contributed by atoms with Crippen LogP contribution in [-0.4, -0.2) is 85.6 Å². The highest BCUT2D eigenvalue weighted by molar-refractivity contribution is 7.90. The van der Waals surface area contributed by atoms with Crippen molar-refractivity contribution < 1.29 is 31.8 Å². The van der Waals surface area contributed by atoms with E-state index < -0.39 is 28.3 Å². The zero-order chi connectivity index (χ0) is 28.3. The fourth-order valence-corrected chi connectivity index (χ4v) is 5.63. The third-order valence-corrected chi connectivity index (χ3v) is 7.87. The molecule has 0 radical (unpaired) electrons. The van der Waals surface area contributed by atoms with Gasteiger partial charge in [-0.3, -0.25) is 0 Å². The fraction of sp³-hybridized carbons (Fsp3) is 0.600. The molecule has 38 heavy (non-hydrogen) atoms. The van der Waals surface area contributed by atoms with Gasteiger partial charge in [-0.2, -0.15) is 13.2 Å². The maximum absolute atomic E-state index is 14.0. The second kappa shape index (κ2) is 12.1. The molecular weight excluding hydrogens is 523 g/mol. The third kappa shape index (κ3) is 7.13. The molecule has 3 rings (SSSR count). The average molecular weight is 560 g/mol. The van der Waals surface area contributed by atoms with Gasteiger partial charge in [-0.25, -0.2) is 18.4 Å². The Bertz CT molecular complexity index is 1210. The molecule has 0 bridgehead atoms. The van der Waals surface area contributed by atoms with E-state index in [1.165, 1.54) is 12.3 Å². The van der Waals surface area contributed by atoms with Crippen molar-refractivity contribution in [3.8, 4) is 0 Å². The van der Waals surface area contributed by atoms with Gasteiger partial charge in [-0.05, 0) is 37.1 Å². The van der Waals surface area contributed by atoms with Gasteiger partial charge < -0.3 is 24.9 Å². The predicted octanol–water partition coefficient (Wildman–Crippen LogP) is 2.56. The number of aliphatic hydroxyl groups excluding tert-OH is 2. The third-order valence-electron chi connectivity index (χ3n) is 6.69. The SMILES string of the molecule is CC(C)[C@@H]1CN(c2ccc(CO)c(S(C)(=O)=O)c2)CCN1c1ncc(CN(C)CCCO)c(C(F)(F)F)n1. The predicted molar refractivity (Wildman–Crippen MR) is 139 cm³/mol. The van der Waals surface area contributed by atoms with Crippen molar-refractivity contribution in [2.24, 2.45) is 5.92 Å². The van der Waals surface area contributed by atoms with E-state index in [1.54, 1.807) is 29.0 Å². The maximum Gasteiger partial charge on any atom is 0.433 e. The monoisotopic (exact) mass is 559 g/mol. The second-order valence-electron chi connectivity index (χ2n) is 10.0. The van der Waals surface area contributed by atoms with Gasteiger partial charge in [-0.15, -0.1) is 0 Å². The molecule has 0 amide bonds. The number of anilines is 2. The summed E-state index contributed by atoms with van der Waals surface area (Å²) in [7, 11) is -1.89. The van der Waals surface area contributed by atoms with Gasteiger partial charge in [0.2, 0.25) is 5.95 Å².